The van der Waals surface area contributed by atoms with Gasteiger partial charge in [0.25, 0.3) is 0 Å². The fraction of sp³-hybridized carbons (Fsp3) is 0.348. The van der Waals surface area contributed by atoms with Crippen LogP contribution < -0.4 is 4.90 Å². The average molecular weight is 381 g/mol. The summed E-state index contributed by atoms with van der Waals surface area (Å²) in [6.07, 6.45) is 1.71. The molecule has 1 amide bonds. The Bertz CT molecular complexity index is 857. The van der Waals surface area contributed by atoms with Gasteiger partial charge in [0.2, 0.25) is 5.91 Å². The van der Waals surface area contributed by atoms with Crippen molar-refractivity contribution >= 4 is 23.9 Å². The van der Waals surface area contributed by atoms with E-state index >= 15 is 0 Å². The number of hydrogen-bond donors (Lipinski definition) is 0. The van der Waals surface area contributed by atoms with Crippen molar-refractivity contribution in [3.05, 3.63) is 53.6 Å². The third-order valence-corrected chi connectivity index (χ3v) is 4.93. The maximum atomic E-state index is 12.0. The fourth-order valence-electron chi connectivity index (χ4n) is 3.73. The van der Waals surface area contributed by atoms with Gasteiger partial charge in [0, 0.05) is 18.7 Å². The Balaban J connectivity index is 0.000000878. The number of carbonyl (C=O) groups excluding carboxylic acids is 3. The van der Waals surface area contributed by atoms with Crippen LogP contribution in [0.4, 0.5) is 5.69 Å². The molecule has 0 saturated heterocycles. The molecule has 0 N–H and O–H groups in total. The normalized spacial score (nSPS) is 17.7. The first-order valence-corrected chi connectivity index (χ1v) is 9.36. The second kappa shape index (κ2) is 9.31. The highest BCUT2D eigenvalue weighted by Gasteiger charge is 2.30. The highest BCUT2D eigenvalue weighted by atomic mass is 16.5. The van der Waals surface area contributed by atoms with Gasteiger partial charge < -0.3 is 14.4 Å². The molecule has 2 aromatic carbocycles. The van der Waals surface area contributed by atoms with Gasteiger partial charge in [0.1, 0.15) is 6.29 Å². The molecule has 2 aromatic rings. The molecule has 1 aliphatic rings. The van der Waals surface area contributed by atoms with Gasteiger partial charge in [-0.3, -0.25) is 4.79 Å². The molecule has 5 heteroatoms. The highest BCUT2D eigenvalue weighted by Crippen LogP contribution is 2.40. The van der Waals surface area contributed by atoms with Crippen LogP contribution in [0.5, 0.6) is 0 Å². The first kappa shape index (κ1) is 21.4. The van der Waals surface area contributed by atoms with Crippen molar-refractivity contribution in [1.82, 2.24) is 0 Å². The van der Waals surface area contributed by atoms with E-state index in [9.17, 15) is 9.59 Å². The Kier molecular flexibility index (Phi) is 7.10. The maximum Gasteiger partial charge on any atom is 0.337 e. The molecule has 0 aromatic heterocycles. The molecule has 0 spiro atoms. The summed E-state index contributed by atoms with van der Waals surface area (Å²) in [6.45, 7) is 7.37. The van der Waals surface area contributed by atoms with Gasteiger partial charge in [-0.25, -0.2) is 4.79 Å². The molecule has 0 bridgehead atoms. The summed E-state index contributed by atoms with van der Waals surface area (Å²) in [5, 5.41) is 0. The molecule has 1 heterocycles. The third kappa shape index (κ3) is 4.47. The largest absolute Gasteiger partial charge is 0.465 e. The number of anilines is 1. The van der Waals surface area contributed by atoms with E-state index in [4.69, 9.17) is 9.53 Å². The Labute approximate surface area is 166 Å². The molecule has 0 fully saturated rings. The predicted molar refractivity (Wildman–Crippen MR) is 111 cm³/mol. The van der Waals surface area contributed by atoms with Crippen molar-refractivity contribution in [3.63, 3.8) is 0 Å². The number of fused-ring (bicyclic) bond motifs is 1. The van der Waals surface area contributed by atoms with E-state index in [2.05, 4.69) is 19.9 Å². The minimum atomic E-state index is -0.336. The van der Waals surface area contributed by atoms with Crippen LogP contribution in [0, 0.1) is 0 Å². The number of rotatable bonds is 2. The minimum absolute atomic E-state index is 0.0795. The van der Waals surface area contributed by atoms with E-state index in [0.717, 1.165) is 29.5 Å². The average Bonchev–Trinajstić information content (AvgIpc) is 2.67. The van der Waals surface area contributed by atoms with Gasteiger partial charge in [0.15, 0.2) is 0 Å². The van der Waals surface area contributed by atoms with Crippen LogP contribution in [-0.2, 0) is 14.3 Å². The molecule has 3 rings (SSSR count). The summed E-state index contributed by atoms with van der Waals surface area (Å²) in [5.74, 6) is 0.141. The van der Waals surface area contributed by atoms with E-state index in [-0.39, 0.29) is 17.9 Å². The van der Waals surface area contributed by atoms with Crippen molar-refractivity contribution in [3.8, 4) is 11.1 Å². The summed E-state index contributed by atoms with van der Waals surface area (Å²) in [5.41, 5.74) is 4.86. The van der Waals surface area contributed by atoms with Crippen LogP contribution >= 0.6 is 0 Å². The van der Waals surface area contributed by atoms with Crippen molar-refractivity contribution < 1.29 is 19.1 Å². The standard InChI is InChI=1S/C21H23NO3.C2H4O/c1-13-11-14(2)22(15(3)23)20-10-9-18(12-19(13)20)16-5-7-17(8-6-16)21(24)25-4;1-2-3/h5-10,12-14H,11H2,1-4H3;2H,1H3/t13-,14?;/m0./s1. The highest BCUT2D eigenvalue weighted by molar-refractivity contribution is 5.94. The number of benzene rings is 2. The van der Waals surface area contributed by atoms with Crippen molar-refractivity contribution in [2.45, 2.75) is 46.1 Å². The lowest BCUT2D eigenvalue weighted by molar-refractivity contribution is -0.117. The summed E-state index contributed by atoms with van der Waals surface area (Å²) < 4.78 is 4.74. The Morgan fingerprint density at radius 2 is 1.64 bits per heavy atom. The Morgan fingerprint density at radius 1 is 1.07 bits per heavy atom. The van der Waals surface area contributed by atoms with Crippen molar-refractivity contribution in [2.24, 2.45) is 0 Å². The van der Waals surface area contributed by atoms with Crippen LogP contribution in [0.2, 0.25) is 0 Å². The quantitative estimate of drug-likeness (QED) is 0.564. The molecule has 0 radical (unpaired) electrons. The summed E-state index contributed by atoms with van der Waals surface area (Å²) in [7, 11) is 1.38. The van der Waals surface area contributed by atoms with Gasteiger partial charge in [-0.15, -0.1) is 0 Å². The zero-order chi connectivity index (χ0) is 20.8. The molecule has 148 valence electrons. The number of methoxy groups -OCH3 is 1. The van der Waals surface area contributed by atoms with E-state index in [1.807, 2.05) is 29.2 Å². The second-order valence-electron chi connectivity index (χ2n) is 6.95. The minimum Gasteiger partial charge on any atom is -0.465 e. The molecule has 1 unspecified atom stereocenters. The van der Waals surface area contributed by atoms with Crippen LogP contribution in [0.15, 0.2) is 42.5 Å². The molecular weight excluding hydrogens is 354 g/mol. The number of nitrogens with zero attached hydrogens (tertiary/aromatic N) is 1. The van der Waals surface area contributed by atoms with E-state index < -0.39 is 0 Å². The number of esters is 1. The zero-order valence-corrected chi connectivity index (χ0v) is 17.1. The Morgan fingerprint density at radius 3 is 2.18 bits per heavy atom. The molecule has 5 nitrogen and oxygen atoms in total. The van der Waals surface area contributed by atoms with Gasteiger partial charge in [-0.2, -0.15) is 0 Å². The smallest absolute Gasteiger partial charge is 0.337 e. The number of aldehydes is 1. The van der Waals surface area contributed by atoms with Crippen LogP contribution in [0.3, 0.4) is 0 Å². The van der Waals surface area contributed by atoms with E-state index in [1.54, 1.807) is 19.1 Å². The number of amides is 1. The lowest BCUT2D eigenvalue weighted by Gasteiger charge is -2.38. The maximum absolute atomic E-state index is 12.0. The van der Waals surface area contributed by atoms with Crippen molar-refractivity contribution in [2.75, 3.05) is 12.0 Å². The SMILES string of the molecule is CC=O.COC(=O)c1ccc(-c2ccc3c(c2)[C@@H](C)CC(C)N3C(C)=O)cc1. The van der Waals surface area contributed by atoms with Crippen LogP contribution in [0.1, 0.15) is 56.0 Å². The molecule has 28 heavy (non-hydrogen) atoms. The van der Waals surface area contributed by atoms with Crippen LogP contribution in [-0.4, -0.2) is 31.3 Å². The monoisotopic (exact) mass is 381 g/mol. The lowest BCUT2D eigenvalue weighted by atomic mass is 9.85. The molecule has 0 saturated carbocycles. The second-order valence-corrected chi connectivity index (χ2v) is 6.95. The zero-order valence-electron chi connectivity index (χ0n) is 17.1. The lowest BCUT2D eigenvalue weighted by Crippen LogP contribution is -2.41. The third-order valence-electron chi connectivity index (χ3n) is 4.93. The summed E-state index contributed by atoms with van der Waals surface area (Å²) in [4.78, 5) is 34.3. The fourth-order valence-corrected chi connectivity index (χ4v) is 3.73. The van der Waals surface area contributed by atoms with Gasteiger partial charge in [0.05, 0.1) is 12.7 Å². The first-order valence-electron chi connectivity index (χ1n) is 9.36. The van der Waals surface area contributed by atoms with Gasteiger partial charge in [-0.1, -0.05) is 25.1 Å². The van der Waals surface area contributed by atoms with Gasteiger partial charge >= 0.3 is 5.97 Å². The number of hydrogen-bond acceptors (Lipinski definition) is 4. The molecule has 1 aliphatic heterocycles. The molecule has 0 aliphatic carbocycles. The topological polar surface area (TPSA) is 63.7 Å². The first-order chi connectivity index (χ1) is 13.3. The summed E-state index contributed by atoms with van der Waals surface area (Å²) >= 11 is 0. The Hall–Kier alpha value is -2.95. The molecular formula is C23H27NO4. The van der Waals surface area contributed by atoms with Crippen LogP contribution in [0.25, 0.3) is 11.1 Å². The summed E-state index contributed by atoms with van der Waals surface area (Å²) in [6, 6.07) is 13.8. The number of ether oxygens (including phenoxy) is 1. The predicted octanol–water partition coefficient (Wildman–Crippen LogP) is 4.59. The number of carbonyl (C=O) groups is 3. The van der Waals surface area contributed by atoms with E-state index in [0.29, 0.717) is 11.5 Å². The van der Waals surface area contributed by atoms with Gasteiger partial charge in [-0.05, 0) is 67.1 Å². The van der Waals surface area contributed by atoms with Crippen molar-refractivity contribution in [1.29, 1.82) is 0 Å². The molecule has 2 atom stereocenters. The van der Waals surface area contributed by atoms with E-state index in [1.165, 1.54) is 19.6 Å².